The summed E-state index contributed by atoms with van der Waals surface area (Å²) in [5.74, 6) is -3.03. The van der Waals surface area contributed by atoms with Crippen molar-refractivity contribution >= 4 is 29.3 Å². The average Bonchev–Trinajstić information content (AvgIpc) is 3.22. The van der Waals surface area contributed by atoms with Crippen LogP contribution in [-0.4, -0.2) is 41.1 Å². The summed E-state index contributed by atoms with van der Waals surface area (Å²) in [6.07, 6.45) is 1.49. The molecule has 4 amide bonds. The van der Waals surface area contributed by atoms with Crippen molar-refractivity contribution in [3.63, 3.8) is 0 Å². The molecular weight excluding hydrogens is 372 g/mol. The number of carbonyl (C=O) groups is 4. The molecular formula is C21H27N4O4+. The van der Waals surface area contributed by atoms with E-state index in [1.54, 1.807) is 5.32 Å². The van der Waals surface area contributed by atoms with E-state index in [1.807, 2.05) is 32.9 Å². The number of carbonyl (C=O) groups excluding carboxylic acids is 4. The zero-order valence-electron chi connectivity index (χ0n) is 17.0. The van der Waals surface area contributed by atoms with Crippen molar-refractivity contribution in [3.8, 4) is 0 Å². The Morgan fingerprint density at radius 1 is 1.24 bits per heavy atom. The predicted octanol–water partition coefficient (Wildman–Crippen LogP) is -0.327. The number of nitrogens with one attached hydrogen (secondary N) is 1. The molecule has 2 fully saturated rings. The molecule has 8 nitrogen and oxygen atoms in total. The Morgan fingerprint density at radius 3 is 2.62 bits per heavy atom. The number of hydrogen-bond acceptors (Lipinski definition) is 4. The number of nitrogens with zero attached hydrogens (tertiary/aromatic N) is 1. The molecule has 2 saturated heterocycles. The Balaban J connectivity index is 1.86. The van der Waals surface area contributed by atoms with Gasteiger partial charge in [-0.2, -0.15) is 0 Å². The second-order valence-electron chi connectivity index (χ2n) is 8.44. The Kier molecular flexibility index (Phi) is 4.49. The fourth-order valence-corrected chi connectivity index (χ4v) is 5.30. The number of unbranched alkanes of at least 4 members (excludes halogenated alkanes) is 1. The number of benzene rings is 1. The summed E-state index contributed by atoms with van der Waals surface area (Å²) in [7, 11) is 0. The molecule has 1 spiro atoms. The monoisotopic (exact) mass is 399 g/mol. The van der Waals surface area contributed by atoms with Gasteiger partial charge < -0.3 is 16.4 Å². The third kappa shape index (κ3) is 2.55. The Bertz CT molecular complexity index is 943. The molecule has 154 valence electrons. The maximum absolute atomic E-state index is 13.4. The number of quaternary nitrogens is 1. The fraction of sp³-hybridized carbons (Fsp3) is 0.524. The van der Waals surface area contributed by atoms with Gasteiger partial charge in [0.25, 0.3) is 5.91 Å². The first-order valence-corrected chi connectivity index (χ1v) is 10.2. The molecule has 0 radical (unpaired) electrons. The molecule has 0 bridgehead atoms. The quantitative estimate of drug-likeness (QED) is 0.586. The zero-order chi connectivity index (χ0) is 21.1. The lowest BCUT2D eigenvalue weighted by Gasteiger charge is -2.26. The molecule has 0 aliphatic carbocycles. The van der Waals surface area contributed by atoms with Gasteiger partial charge >= 0.3 is 0 Å². The number of amides is 4. The Labute approximate surface area is 169 Å². The first-order chi connectivity index (χ1) is 13.7. The lowest BCUT2D eigenvalue weighted by molar-refractivity contribution is -0.732. The molecule has 1 aromatic carbocycles. The minimum Gasteiger partial charge on any atom is -0.369 e. The van der Waals surface area contributed by atoms with Crippen LogP contribution in [0.25, 0.3) is 0 Å². The van der Waals surface area contributed by atoms with Gasteiger partial charge in [-0.15, -0.1) is 0 Å². The van der Waals surface area contributed by atoms with Crippen LogP contribution in [0.3, 0.4) is 0 Å². The van der Waals surface area contributed by atoms with Gasteiger partial charge in [0.15, 0.2) is 0 Å². The van der Waals surface area contributed by atoms with Gasteiger partial charge in [-0.05, 0) is 37.5 Å². The molecule has 3 heterocycles. The first-order valence-electron chi connectivity index (χ1n) is 10.2. The largest absolute Gasteiger partial charge is 0.369 e. The first kappa shape index (κ1) is 19.6. The van der Waals surface area contributed by atoms with Crippen molar-refractivity contribution in [2.24, 2.45) is 17.6 Å². The van der Waals surface area contributed by atoms with E-state index in [4.69, 9.17) is 5.73 Å². The smallest absolute Gasteiger partial charge is 0.291 e. The van der Waals surface area contributed by atoms with Gasteiger partial charge in [0.2, 0.25) is 23.3 Å². The van der Waals surface area contributed by atoms with Gasteiger partial charge in [-0.3, -0.25) is 24.1 Å². The van der Waals surface area contributed by atoms with Crippen LogP contribution in [0.15, 0.2) is 12.1 Å². The van der Waals surface area contributed by atoms with Gasteiger partial charge in [0.05, 0.1) is 12.1 Å². The summed E-state index contributed by atoms with van der Waals surface area (Å²) in [4.78, 5) is 52.9. The highest BCUT2D eigenvalue weighted by atomic mass is 16.2. The van der Waals surface area contributed by atoms with E-state index in [2.05, 4.69) is 5.32 Å². The highest BCUT2D eigenvalue weighted by Gasteiger charge is 2.74. The molecule has 1 aromatic rings. The number of imide groups is 1. The molecule has 4 atom stereocenters. The topological polar surface area (TPSA) is 126 Å². The van der Waals surface area contributed by atoms with E-state index in [1.165, 1.54) is 4.90 Å². The number of hydrogen-bond donors (Lipinski definition) is 3. The van der Waals surface area contributed by atoms with Crippen LogP contribution in [0.1, 0.15) is 42.9 Å². The number of rotatable bonds is 5. The molecule has 8 heteroatoms. The number of nitrogens with two attached hydrogens (primary N) is 2. The number of anilines is 1. The van der Waals surface area contributed by atoms with Crippen LogP contribution in [0.2, 0.25) is 0 Å². The van der Waals surface area contributed by atoms with Crippen LogP contribution in [0, 0.1) is 25.7 Å². The summed E-state index contributed by atoms with van der Waals surface area (Å²) in [5, 5.41) is 4.70. The normalized spacial score (nSPS) is 30.1. The highest BCUT2D eigenvalue weighted by molar-refractivity contribution is 6.14. The van der Waals surface area contributed by atoms with E-state index in [0.717, 1.165) is 17.5 Å². The lowest BCUT2D eigenvalue weighted by Crippen LogP contribution is -2.99. The minimum absolute atomic E-state index is 0.0585. The molecule has 0 aromatic heterocycles. The van der Waals surface area contributed by atoms with E-state index < -0.39 is 29.3 Å². The van der Waals surface area contributed by atoms with E-state index in [-0.39, 0.29) is 24.1 Å². The molecule has 0 unspecified atom stereocenters. The molecule has 29 heavy (non-hydrogen) atoms. The molecule has 5 N–H and O–H groups in total. The maximum atomic E-state index is 13.4. The van der Waals surface area contributed by atoms with Crippen LogP contribution in [0.4, 0.5) is 5.69 Å². The highest BCUT2D eigenvalue weighted by Crippen LogP contribution is 2.50. The van der Waals surface area contributed by atoms with Crippen molar-refractivity contribution in [1.29, 1.82) is 0 Å². The predicted molar refractivity (Wildman–Crippen MR) is 104 cm³/mol. The standard InChI is InChI=1S/C21H26N4O4/c1-4-5-8-25-18(27)15-13(9-14(22)26)24-21(16(15)19(25)28)12-7-6-10(2)11(3)17(12)23-20(21)29/h6-7,13,15-16,24H,4-5,8-9H2,1-3H3,(H2,22,26)(H,23,29)/p+1/t13-,15+,16-,21-/m0/s1. The van der Waals surface area contributed by atoms with Crippen molar-refractivity contribution in [1.82, 2.24) is 4.90 Å². The van der Waals surface area contributed by atoms with Gasteiger partial charge in [-0.1, -0.05) is 19.4 Å². The lowest BCUT2D eigenvalue weighted by atomic mass is 9.76. The minimum atomic E-state index is -1.24. The fourth-order valence-electron chi connectivity index (χ4n) is 5.30. The van der Waals surface area contributed by atoms with Crippen LogP contribution in [0.5, 0.6) is 0 Å². The number of aryl methyl sites for hydroxylation is 1. The van der Waals surface area contributed by atoms with Crippen molar-refractivity contribution < 1.29 is 24.5 Å². The van der Waals surface area contributed by atoms with Gasteiger partial charge in [0, 0.05) is 12.1 Å². The zero-order valence-corrected chi connectivity index (χ0v) is 17.0. The van der Waals surface area contributed by atoms with Crippen LogP contribution in [-0.2, 0) is 24.7 Å². The van der Waals surface area contributed by atoms with Gasteiger partial charge in [0.1, 0.15) is 17.9 Å². The number of fused-ring (bicyclic) bond motifs is 4. The van der Waals surface area contributed by atoms with Crippen molar-refractivity contribution in [2.45, 2.75) is 51.6 Å². The Morgan fingerprint density at radius 2 is 1.97 bits per heavy atom. The summed E-state index contributed by atoms with van der Waals surface area (Å²) in [5.41, 5.74) is 7.59. The van der Waals surface area contributed by atoms with Crippen molar-refractivity contribution in [3.05, 3.63) is 28.8 Å². The van der Waals surface area contributed by atoms with E-state index >= 15 is 0 Å². The SMILES string of the molecule is CCCCN1C(=O)[C@@H]2[C@H](CC(N)=O)[NH2+][C@]3(C(=O)Nc4c3ccc(C)c4C)[C@@H]2C1=O. The molecule has 4 rings (SSSR count). The maximum Gasteiger partial charge on any atom is 0.291 e. The van der Waals surface area contributed by atoms with E-state index in [9.17, 15) is 19.2 Å². The molecule has 3 aliphatic heterocycles. The summed E-state index contributed by atoms with van der Waals surface area (Å²) >= 11 is 0. The third-order valence-electron chi connectivity index (χ3n) is 6.84. The summed E-state index contributed by atoms with van der Waals surface area (Å²) < 4.78 is 0. The summed E-state index contributed by atoms with van der Waals surface area (Å²) in [6, 6.07) is 3.25. The second kappa shape index (κ2) is 6.66. The van der Waals surface area contributed by atoms with Crippen LogP contribution >= 0.6 is 0 Å². The molecule has 0 saturated carbocycles. The average molecular weight is 399 g/mol. The second-order valence-corrected chi connectivity index (χ2v) is 8.44. The summed E-state index contributed by atoms with van der Waals surface area (Å²) in [6.45, 7) is 6.21. The van der Waals surface area contributed by atoms with Gasteiger partial charge in [-0.25, -0.2) is 0 Å². The van der Waals surface area contributed by atoms with Crippen LogP contribution < -0.4 is 16.4 Å². The number of primary amides is 1. The van der Waals surface area contributed by atoms with E-state index in [0.29, 0.717) is 24.2 Å². The number of likely N-dealkylation sites (tertiary alicyclic amines) is 1. The molecule has 3 aliphatic rings. The van der Waals surface area contributed by atoms with Crippen molar-refractivity contribution in [2.75, 3.05) is 11.9 Å². The third-order valence-corrected chi connectivity index (χ3v) is 6.84. The Hall–Kier alpha value is -2.74.